The van der Waals surface area contributed by atoms with Crippen molar-refractivity contribution in [3.05, 3.63) is 40.7 Å². The van der Waals surface area contributed by atoms with Crippen LogP contribution in [0.15, 0.2) is 24.9 Å². The quantitative estimate of drug-likeness (QED) is 0.317. The number of likely N-dealkylation sites (tertiary alicyclic amines) is 2. The van der Waals surface area contributed by atoms with Crippen molar-refractivity contribution in [1.29, 1.82) is 0 Å². The van der Waals surface area contributed by atoms with Gasteiger partial charge in [0.05, 0.1) is 40.0 Å². The summed E-state index contributed by atoms with van der Waals surface area (Å²) in [5.74, 6) is 1.63. The summed E-state index contributed by atoms with van der Waals surface area (Å²) in [7, 11) is 0. The largest absolute Gasteiger partial charge is 0.372 e. The fraction of sp³-hybridized carbons (Fsp3) is 0.618. The van der Waals surface area contributed by atoms with E-state index in [9.17, 15) is 4.79 Å². The first kappa shape index (κ1) is 29.8. The zero-order chi connectivity index (χ0) is 31.2. The highest BCUT2D eigenvalue weighted by molar-refractivity contribution is 6.45. The fourth-order valence-corrected chi connectivity index (χ4v) is 9.79. The number of carbonyl (C=O) groups excluding carboxylic acids is 1. The van der Waals surface area contributed by atoms with Crippen LogP contribution in [-0.2, 0) is 9.53 Å². The van der Waals surface area contributed by atoms with Crippen molar-refractivity contribution in [3.63, 3.8) is 0 Å². The molecule has 2 aromatic heterocycles. The normalized spacial score (nSPS) is 27.6. The Morgan fingerprint density at radius 1 is 1.13 bits per heavy atom. The molecule has 1 aromatic carbocycles. The number of piperidine rings is 1. The summed E-state index contributed by atoms with van der Waals surface area (Å²) in [5, 5.41) is 14.9. The standard InChI is InChI=1S/C34H43Cl2N7O2/c1-5-28(44)41-18-34(19-41)12-22(13-34)43-20(2)29(30-25-14-37-38-27(25)10-26(35)31(30)36)32(39-43)42-9-8-21(11-33(42,3)4)15-40-16-23-6-7-24(17-40)45-23/h5,10,14,21-24H,1,6-9,11-13,15-19H2,2-4H3,(H,37,38)/t21-,23?,24?/m1/s1. The van der Waals surface area contributed by atoms with Gasteiger partial charge in [-0.15, -0.1) is 0 Å². The number of ether oxygens (including phenoxy) is 1. The molecule has 240 valence electrons. The molecule has 4 saturated heterocycles. The monoisotopic (exact) mass is 651 g/mol. The van der Waals surface area contributed by atoms with E-state index in [-0.39, 0.29) is 22.9 Å². The zero-order valence-electron chi connectivity index (χ0n) is 26.5. The Kier molecular flexibility index (Phi) is 7.10. The number of halogens is 2. The van der Waals surface area contributed by atoms with Gasteiger partial charge in [-0.1, -0.05) is 29.8 Å². The molecule has 1 aliphatic carbocycles. The molecule has 2 unspecified atom stereocenters. The van der Waals surface area contributed by atoms with Crippen LogP contribution >= 0.6 is 23.2 Å². The molecule has 5 aliphatic rings. The van der Waals surface area contributed by atoms with Gasteiger partial charge in [0.1, 0.15) is 0 Å². The first-order chi connectivity index (χ1) is 21.5. The first-order valence-electron chi connectivity index (χ1n) is 16.5. The van der Waals surface area contributed by atoms with Gasteiger partial charge in [-0.05, 0) is 77.4 Å². The van der Waals surface area contributed by atoms with Crippen LogP contribution < -0.4 is 4.90 Å². The van der Waals surface area contributed by atoms with Crippen LogP contribution in [0.2, 0.25) is 10.0 Å². The first-order valence-corrected chi connectivity index (χ1v) is 17.3. The van der Waals surface area contributed by atoms with Gasteiger partial charge in [0.15, 0.2) is 5.82 Å². The third kappa shape index (κ3) is 4.91. The zero-order valence-corrected chi connectivity index (χ0v) is 28.0. The molecular formula is C34H43Cl2N7O2. The molecule has 45 heavy (non-hydrogen) atoms. The lowest BCUT2D eigenvalue weighted by Gasteiger charge is -2.58. The molecule has 6 heterocycles. The summed E-state index contributed by atoms with van der Waals surface area (Å²) >= 11 is 13.8. The van der Waals surface area contributed by atoms with Gasteiger partial charge < -0.3 is 14.5 Å². The predicted octanol–water partition coefficient (Wildman–Crippen LogP) is 6.25. The van der Waals surface area contributed by atoms with Crippen molar-refractivity contribution >= 4 is 45.8 Å². The van der Waals surface area contributed by atoms with E-state index in [0.717, 1.165) is 98.5 Å². The van der Waals surface area contributed by atoms with Crippen molar-refractivity contribution < 1.29 is 9.53 Å². The van der Waals surface area contributed by atoms with Gasteiger partial charge in [-0.25, -0.2) is 0 Å². The number of aromatic nitrogens is 4. The number of nitrogens with zero attached hydrogens (tertiary/aromatic N) is 6. The number of hydrogen-bond acceptors (Lipinski definition) is 6. The topological polar surface area (TPSA) is 82.5 Å². The Balaban J connectivity index is 1.11. The number of H-pyrrole nitrogens is 1. The number of benzene rings is 1. The van der Waals surface area contributed by atoms with Crippen LogP contribution in [0.5, 0.6) is 0 Å². The molecule has 1 N–H and O–H groups in total. The molecule has 11 heteroatoms. The molecular weight excluding hydrogens is 609 g/mol. The van der Waals surface area contributed by atoms with Gasteiger partial charge in [0.25, 0.3) is 0 Å². The lowest BCUT2D eigenvalue weighted by atomic mass is 9.60. The van der Waals surface area contributed by atoms with Gasteiger partial charge in [-0.2, -0.15) is 10.2 Å². The van der Waals surface area contributed by atoms with Crippen molar-refractivity contribution in [2.75, 3.05) is 44.2 Å². The van der Waals surface area contributed by atoms with E-state index < -0.39 is 0 Å². The van der Waals surface area contributed by atoms with Crippen LogP contribution in [0.4, 0.5) is 5.82 Å². The average Bonchev–Trinajstić information content (AvgIpc) is 3.64. The van der Waals surface area contributed by atoms with Gasteiger partial charge in [0, 0.05) is 72.4 Å². The fourth-order valence-electron chi connectivity index (χ4n) is 9.33. The van der Waals surface area contributed by atoms with Crippen molar-refractivity contribution in [3.8, 4) is 11.1 Å². The van der Waals surface area contributed by atoms with Crippen molar-refractivity contribution in [1.82, 2.24) is 29.8 Å². The molecule has 1 spiro atoms. The summed E-state index contributed by atoms with van der Waals surface area (Å²) in [6.45, 7) is 16.4. The van der Waals surface area contributed by atoms with E-state index in [1.165, 1.54) is 18.9 Å². The number of fused-ring (bicyclic) bond motifs is 3. The number of nitrogens with one attached hydrogen (secondary N) is 1. The van der Waals surface area contributed by atoms with E-state index in [2.05, 4.69) is 52.0 Å². The molecule has 4 aliphatic heterocycles. The smallest absolute Gasteiger partial charge is 0.245 e. The van der Waals surface area contributed by atoms with E-state index in [4.69, 9.17) is 33.0 Å². The Bertz CT molecular complexity index is 1650. The molecule has 1 amide bonds. The Morgan fingerprint density at radius 3 is 2.56 bits per heavy atom. The van der Waals surface area contributed by atoms with Crippen LogP contribution in [0.1, 0.15) is 64.1 Å². The summed E-state index contributed by atoms with van der Waals surface area (Å²) < 4.78 is 8.35. The molecule has 5 fully saturated rings. The SMILES string of the molecule is C=CC(=O)N1CC2(CC(n3nc(N4CC[C@@H](CN5CC6CCC(C5)O6)CC4(C)C)c(-c4c(Cl)c(Cl)cc5[nH]ncc45)c3C)C2)C1. The van der Waals surface area contributed by atoms with Crippen LogP contribution in [0.3, 0.4) is 0 Å². The Hall–Kier alpha value is -2.59. The molecule has 2 bridgehead atoms. The second kappa shape index (κ2) is 10.7. The maximum Gasteiger partial charge on any atom is 0.245 e. The molecule has 1 saturated carbocycles. The number of anilines is 1. The Morgan fingerprint density at radius 2 is 1.87 bits per heavy atom. The third-order valence-corrected chi connectivity index (χ3v) is 12.2. The maximum absolute atomic E-state index is 12.1. The molecule has 0 radical (unpaired) electrons. The number of amides is 1. The van der Waals surface area contributed by atoms with Gasteiger partial charge >= 0.3 is 0 Å². The number of morpholine rings is 1. The highest BCUT2D eigenvalue weighted by Crippen LogP contribution is 2.56. The summed E-state index contributed by atoms with van der Waals surface area (Å²) in [4.78, 5) is 19.2. The van der Waals surface area contributed by atoms with Crippen LogP contribution in [0, 0.1) is 18.3 Å². The predicted molar refractivity (Wildman–Crippen MR) is 178 cm³/mol. The average molecular weight is 653 g/mol. The maximum atomic E-state index is 12.1. The molecule has 8 rings (SSSR count). The molecule has 3 atom stereocenters. The van der Waals surface area contributed by atoms with Crippen LogP contribution in [0.25, 0.3) is 22.0 Å². The van der Waals surface area contributed by atoms with Crippen LogP contribution in [-0.4, -0.2) is 92.7 Å². The van der Waals surface area contributed by atoms with Crippen molar-refractivity contribution in [2.45, 2.75) is 83.1 Å². The highest BCUT2D eigenvalue weighted by atomic mass is 35.5. The summed E-state index contributed by atoms with van der Waals surface area (Å²) in [6.07, 6.45) is 10.7. The highest BCUT2D eigenvalue weighted by Gasteiger charge is 2.55. The second-order valence-electron chi connectivity index (χ2n) is 15.1. The second-order valence-corrected chi connectivity index (χ2v) is 15.9. The van der Waals surface area contributed by atoms with Crippen molar-refractivity contribution in [2.24, 2.45) is 11.3 Å². The summed E-state index contributed by atoms with van der Waals surface area (Å²) in [5.41, 5.74) is 3.98. The van der Waals surface area contributed by atoms with E-state index in [1.54, 1.807) is 0 Å². The van der Waals surface area contributed by atoms with Gasteiger partial charge in [0.2, 0.25) is 5.91 Å². The lowest BCUT2D eigenvalue weighted by Crippen LogP contribution is -2.63. The van der Waals surface area contributed by atoms with E-state index >= 15 is 0 Å². The number of carbonyl (C=O) groups is 1. The number of rotatable bonds is 6. The third-order valence-electron chi connectivity index (χ3n) is 11.4. The van der Waals surface area contributed by atoms with E-state index in [0.29, 0.717) is 28.2 Å². The molecule has 9 nitrogen and oxygen atoms in total. The lowest BCUT2D eigenvalue weighted by molar-refractivity contribution is -0.149. The van der Waals surface area contributed by atoms with Gasteiger partial charge in [-0.3, -0.25) is 19.5 Å². The molecule has 3 aromatic rings. The Labute approximate surface area is 274 Å². The minimum Gasteiger partial charge on any atom is -0.372 e. The number of hydrogen-bond donors (Lipinski definition) is 1. The summed E-state index contributed by atoms with van der Waals surface area (Å²) in [6, 6.07) is 2.12. The number of aromatic amines is 1. The van der Waals surface area contributed by atoms with E-state index in [1.807, 2.05) is 17.2 Å². The minimum atomic E-state index is -0.102. The minimum absolute atomic E-state index is 0.0234.